The number of hydrogen-bond donors (Lipinski definition) is 1. The number of amides is 1. The molecule has 1 N–H and O–H groups in total. The maximum atomic E-state index is 13.0. The molecular weight excluding hydrogens is 478 g/mol. The van der Waals surface area contributed by atoms with Gasteiger partial charge in [0.05, 0.1) is 16.5 Å². The third-order valence-corrected chi connectivity index (χ3v) is 6.16. The molecule has 0 radical (unpaired) electrons. The lowest BCUT2D eigenvalue weighted by Gasteiger charge is -2.28. The number of nitro groups is 1. The zero-order valence-corrected chi connectivity index (χ0v) is 19.4. The summed E-state index contributed by atoms with van der Waals surface area (Å²) in [6.45, 7) is 6.59. The number of aliphatic hydroxyl groups is 1. The molecule has 1 atom stereocenters. The molecule has 0 unspecified atom stereocenters. The summed E-state index contributed by atoms with van der Waals surface area (Å²) in [5.41, 5.74) is 0.770. The summed E-state index contributed by atoms with van der Waals surface area (Å²) in [6.07, 6.45) is 0. The molecule has 1 amide bonds. The number of halogens is 1. The van der Waals surface area contributed by atoms with E-state index in [1.807, 2.05) is 26.0 Å². The van der Waals surface area contributed by atoms with Crippen LogP contribution in [0.4, 0.5) is 5.69 Å². The molecule has 1 fully saturated rings. The number of Topliss-reactive ketones (excluding diaryl/α,β-unsaturated/α-hetero) is 1. The van der Waals surface area contributed by atoms with E-state index in [1.54, 1.807) is 12.1 Å². The van der Waals surface area contributed by atoms with Crippen molar-refractivity contribution in [1.29, 1.82) is 0 Å². The molecular formula is C23H24BrN3O5. The summed E-state index contributed by atoms with van der Waals surface area (Å²) in [7, 11) is 0. The van der Waals surface area contributed by atoms with Crippen LogP contribution in [0.5, 0.6) is 0 Å². The third kappa shape index (κ3) is 4.73. The van der Waals surface area contributed by atoms with E-state index in [-0.39, 0.29) is 22.6 Å². The number of aliphatic hydroxyl groups excluding tert-OH is 1. The first-order valence-corrected chi connectivity index (χ1v) is 11.1. The van der Waals surface area contributed by atoms with Crippen molar-refractivity contribution in [3.63, 3.8) is 0 Å². The van der Waals surface area contributed by atoms with Gasteiger partial charge in [-0.3, -0.25) is 19.7 Å². The van der Waals surface area contributed by atoms with Crippen molar-refractivity contribution >= 4 is 39.1 Å². The van der Waals surface area contributed by atoms with Crippen molar-refractivity contribution < 1.29 is 19.6 Å². The predicted molar refractivity (Wildman–Crippen MR) is 124 cm³/mol. The van der Waals surface area contributed by atoms with Gasteiger partial charge in [-0.1, -0.05) is 41.9 Å². The maximum Gasteiger partial charge on any atom is 0.295 e. The maximum absolute atomic E-state index is 13.0. The second-order valence-electron chi connectivity index (χ2n) is 7.37. The van der Waals surface area contributed by atoms with Gasteiger partial charge >= 0.3 is 0 Å². The second kappa shape index (κ2) is 10.1. The van der Waals surface area contributed by atoms with Gasteiger partial charge in [-0.05, 0) is 42.9 Å². The first-order chi connectivity index (χ1) is 15.3. The number of nitro benzene ring substituents is 1. The SMILES string of the molecule is CCN(CC)CCN1C(=O)C(=O)C(=C(O)c2ccc([N+](=O)[O-])cc2)[C@H]1c1ccc(Br)cc1. The molecule has 32 heavy (non-hydrogen) atoms. The Kier molecular flexibility index (Phi) is 7.42. The number of nitrogens with zero attached hydrogens (tertiary/aromatic N) is 3. The standard InChI is InChI=1S/C23H24BrN3O5/c1-3-25(4-2)13-14-26-20(15-5-9-17(24)10-6-15)19(22(29)23(26)30)21(28)16-7-11-18(12-8-16)27(31)32/h5-12,20,28H,3-4,13-14H2,1-2H3/t20-/m1/s1. The number of carbonyl (C=O) groups excluding carboxylic acids is 2. The number of hydrogen-bond acceptors (Lipinski definition) is 6. The molecule has 0 aromatic heterocycles. The van der Waals surface area contributed by atoms with Crippen LogP contribution in [-0.2, 0) is 9.59 Å². The second-order valence-corrected chi connectivity index (χ2v) is 8.29. The third-order valence-electron chi connectivity index (χ3n) is 5.63. The van der Waals surface area contributed by atoms with E-state index in [4.69, 9.17) is 0 Å². The summed E-state index contributed by atoms with van der Waals surface area (Å²) in [5.74, 6) is -1.79. The van der Waals surface area contributed by atoms with Gasteiger partial charge in [-0.25, -0.2) is 0 Å². The molecule has 0 saturated carbocycles. The highest BCUT2D eigenvalue weighted by molar-refractivity contribution is 9.10. The van der Waals surface area contributed by atoms with E-state index >= 15 is 0 Å². The van der Waals surface area contributed by atoms with Gasteiger partial charge in [-0.2, -0.15) is 0 Å². The number of rotatable bonds is 8. The minimum absolute atomic E-state index is 0.0225. The molecule has 0 bridgehead atoms. The van der Waals surface area contributed by atoms with Crippen LogP contribution >= 0.6 is 15.9 Å². The molecule has 9 heteroatoms. The molecule has 8 nitrogen and oxygen atoms in total. The van der Waals surface area contributed by atoms with Crippen molar-refractivity contribution in [3.8, 4) is 0 Å². The Morgan fingerprint density at radius 2 is 1.69 bits per heavy atom. The van der Waals surface area contributed by atoms with E-state index in [0.29, 0.717) is 18.7 Å². The fraction of sp³-hybridized carbons (Fsp3) is 0.304. The average Bonchev–Trinajstić information content (AvgIpc) is 3.04. The Balaban J connectivity index is 2.08. The van der Waals surface area contributed by atoms with Crippen LogP contribution in [0.25, 0.3) is 5.76 Å². The lowest BCUT2D eigenvalue weighted by molar-refractivity contribution is -0.384. The largest absolute Gasteiger partial charge is 0.507 e. The molecule has 1 aliphatic heterocycles. The van der Waals surface area contributed by atoms with E-state index in [9.17, 15) is 24.8 Å². The normalized spacial score (nSPS) is 17.9. The summed E-state index contributed by atoms with van der Waals surface area (Å²) >= 11 is 3.39. The highest BCUT2D eigenvalue weighted by Gasteiger charge is 2.45. The van der Waals surface area contributed by atoms with Gasteiger partial charge in [-0.15, -0.1) is 0 Å². The fourth-order valence-electron chi connectivity index (χ4n) is 3.79. The number of non-ortho nitro benzene ring substituents is 1. The molecule has 1 saturated heterocycles. The molecule has 2 aromatic rings. The van der Waals surface area contributed by atoms with Gasteiger partial charge in [0.25, 0.3) is 17.4 Å². The van der Waals surface area contributed by atoms with Crippen LogP contribution in [0.3, 0.4) is 0 Å². The molecule has 2 aromatic carbocycles. The summed E-state index contributed by atoms with van der Waals surface area (Å²) in [6, 6.07) is 11.7. The van der Waals surface area contributed by atoms with Crippen molar-refractivity contribution in [2.75, 3.05) is 26.2 Å². The van der Waals surface area contributed by atoms with Gasteiger partial charge in [0.2, 0.25) is 0 Å². The van der Waals surface area contributed by atoms with Crippen LogP contribution in [0.1, 0.15) is 31.0 Å². The van der Waals surface area contributed by atoms with Crippen LogP contribution < -0.4 is 0 Å². The first-order valence-electron chi connectivity index (χ1n) is 10.3. The Morgan fingerprint density at radius 1 is 1.09 bits per heavy atom. The zero-order chi connectivity index (χ0) is 23.4. The van der Waals surface area contributed by atoms with Crippen molar-refractivity contribution in [2.45, 2.75) is 19.9 Å². The van der Waals surface area contributed by atoms with Gasteiger partial charge in [0.1, 0.15) is 5.76 Å². The van der Waals surface area contributed by atoms with Gasteiger partial charge in [0, 0.05) is 35.3 Å². The zero-order valence-electron chi connectivity index (χ0n) is 17.8. The van der Waals surface area contributed by atoms with Gasteiger partial charge in [0.15, 0.2) is 0 Å². The summed E-state index contributed by atoms with van der Waals surface area (Å²) < 4.78 is 0.844. The van der Waals surface area contributed by atoms with E-state index in [1.165, 1.54) is 29.2 Å². The minimum Gasteiger partial charge on any atom is -0.507 e. The van der Waals surface area contributed by atoms with Crippen molar-refractivity contribution in [3.05, 3.63) is 79.8 Å². The highest BCUT2D eigenvalue weighted by Crippen LogP contribution is 2.39. The number of likely N-dealkylation sites (N-methyl/N-ethyl adjacent to an activating group) is 1. The Labute approximate surface area is 194 Å². The molecule has 3 rings (SSSR count). The van der Waals surface area contributed by atoms with Gasteiger partial charge < -0.3 is 14.9 Å². The van der Waals surface area contributed by atoms with E-state index < -0.39 is 22.7 Å². The number of carbonyl (C=O) groups is 2. The lowest BCUT2D eigenvalue weighted by Crippen LogP contribution is -2.38. The summed E-state index contributed by atoms with van der Waals surface area (Å²) in [5, 5.41) is 21.9. The molecule has 1 aliphatic rings. The average molecular weight is 502 g/mol. The predicted octanol–water partition coefficient (Wildman–Crippen LogP) is 4.12. The molecule has 1 heterocycles. The lowest BCUT2D eigenvalue weighted by atomic mass is 9.95. The monoisotopic (exact) mass is 501 g/mol. The Bertz CT molecular complexity index is 1050. The van der Waals surface area contributed by atoms with Crippen LogP contribution in [0.2, 0.25) is 0 Å². The molecule has 168 valence electrons. The smallest absolute Gasteiger partial charge is 0.295 e. The Morgan fingerprint density at radius 3 is 2.22 bits per heavy atom. The number of benzene rings is 2. The molecule has 0 spiro atoms. The Hall–Kier alpha value is -3.04. The van der Waals surface area contributed by atoms with Crippen molar-refractivity contribution in [1.82, 2.24) is 9.80 Å². The van der Waals surface area contributed by atoms with Crippen LogP contribution in [-0.4, -0.2) is 57.7 Å². The minimum atomic E-state index is -0.770. The van der Waals surface area contributed by atoms with E-state index in [2.05, 4.69) is 20.8 Å². The highest BCUT2D eigenvalue weighted by atomic mass is 79.9. The van der Waals surface area contributed by atoms with Crippen LogP contribution in [0, 0.1) is 10.1 Å². The summed E-state index contributed by atoms with van der Waals surface area (Å²) in [4.78, 5) is 40.0. The number of likely N-dealkylation sites (tertiary alicyclic amines) is 1. The van der Waals surface area contributed by atoms with Crippen molar-refractivity contribution in [2.24, 2.45) is 0 Å². The topological polar surface area (TPSA) is 104 Å². The fourth-order valence-corrected chi connectivity index (χ4v) is 4.05. The molecule has 0 aliphatic carbocycles. The van der Waals surface area contributed by atoms with E-state index in [0.717, 1.165) is 17.6 Å². The number of ketones is 1. The van der Waals surface area contributed by atoms with Crippen LogP contribution in [0.15, 0.2) is 58.6 Å². The quantitative estimate of drug-likeness (QED) is 0.192. The first kappa shape index (κ1) is 23.6.